The van der Waals surface area contributed by atoms with Crippen LogP contribution in [0.1, 0.15) is 27.8 Å². The molecule has 1 aromatic carbocycles. The summed E-state index contributed by atoms with van der Waals surface area (Å²) in [5, 5.41) is 0. The summed E-state index contributed by atoms with van der Waals surface area (Å²) in [6.07, 6.45) is 17.0. The summed E-state index contributed by atoms with van der Waals surface area (Å²) < 4.78 is 0. The van der Waals surface area contributed by atoms with E-state index >= 15 is 0 Å². The number of nitrogens with zero attached hydrogens (tertiary/aromatic N) is 2. The molecule has 0 radical (unpaired) electrons. The van der Waals surface area contributed by atoms with Gasteiger partial charge in [0.1, 0.15) is 0 Å². The first-order valence-electron chi connectivity index (χ1n) is 8.21. The van der Waals surface area contributed by atoms with Gasteiger partial charge < -0.3 is 0 Å². The number of pyridine rings is 2. The fourth-order valence-corrected chi connectivity index (χ4v) is 2.80. The normalized spacial score (nSPS) is 10.3. The van der Waals surface area contributed by atoms with Gasteiger partial charge in [-0.05, 0) is 72.2 Å². The van der Waals surface area contributed by atoms with E-state index < -0.39 is 0 Å². The highest BCUT2D eigenvalue weighted by atomic mass is 14.6. The molecule has 0 N–H and O–H groups in total. The van der Waals surface area contributed by atoms with Gasteiger partial charge in [-0.15, -0.1) is 6.42 Å². The van der Waals surface area contributed by atoms with Crippen LogP contribution >= 0.6 is 0 Å². The van der Waals surface area contributed by atoms with Crippen molar-refractivity contribution in [3.05, 3.63) is 95.1 Å². The smallest absolute Gasteiger partial charge is 0.0299 e. The molecule has 118 valence electrons. The second-order valence-electron chi connectivity index (χ2n) is 5.91. The first-order chi connectivity index (χ1) is 11.8. The van der Waals surface area contributed by atoms with Gasteiger partial charge in [-0.3, -0.25) is 9.97 Å². The van der Waals surface area contributed by atoms with E-state index in [-0.39, 0.29) is 0 Å². The molecule has 0 bridgehead atoms. The van der Waals surface area contributed by atoms with Gasteiger partial charge in [-0.2, -0.15) is 0 Å². The quantitative estimate of drug-likeness (QED) is 0.642. The minimum absolute atomic E-state index is 0.958. The summed E-state index contributed by atoms with van der Waals surface area (Å²) in [5.41, 5.74) is 6.03. The van der Waals surface area contributed by atoms with Crippen molar-refractivity contribution in [1.82, 2.24) is 9.97 Å². The molecule has 0 saturated heterocycles. The van der Waals surface area contributed by atoms with E-state index in [1.807, 2.05) is 24.5 Å². The Kier molecular flexibility index (Phi) is 5.37. The van der Waals surface area contributed by atoms with Gasteiger partial charge in [0.05, 0.1) is 0 Å². The zero-order valence-electron chi connectivity index (χ0n) is 13.7. The Hall–Kier alpha value is -2.92. The minimum Gasteiger partial charge on any atom is -0.264 e. The third kappa shape index (κ3) is 4.54. The Morgan fingerprint density at radius 3 is 1.62 bits per heavy atom. The molecule has 0 amide bonds. The van der Waals surface area contributed by atoms with Gasteiger partial charge in [0.25, 0.3) is 0 Å². The van der Waals surface area contributed by atoms with E-state index in [2.05, 4.69) is 46.2 Å². The van der Waals surface area contributed by atoms with Crippen molar-refractivity contribution in [3.63, 3.8) is 0 Å². The first kappa shape index (κ1) is 16.0. The molecule has 0 aliphatic rings. The molecule has 0 aliphatic heterocycles. The number of hydrogen-bond acceptors (Lipinski definition) is 2. The van der Waals surface area contributed by atoms with Crippen LogP contribution in [-0.4, -0.2) is 9.97 Å². The lowest BCUT2D eigenvalue weighted by molar-refractivity contribution is 0.921. The molecule has 3 aromatic rings. The molecule has 2 aromatic heterocycles. The average Bonchev–Trinajstić information content (AvgIpc) is 2.66. The van der Waals surface area contributed by atoms with Crippen LogP contribution in [0, 0.1) is 12.3 Å². The fraction of sp³-hybridized carbons (Fsp3) is 0.182. The predicted molar refractivity (Wildman–Crippen MR) is 97.7 cm³/mol. The molecule has 0 atom stereocenters. The van der Waals surface area contributed by atoms with Crippen LogP contribution in [0.2, 0.25) is 0 Å². The van der Waals surface area contributed by atoms with Gasteiger partial charge >= 0.3 is 0 Å². The Balaban J connectivity index is 1.69. The Bertz CT molecular complexity index is 756. The van der Waals surface area contributed by atoms with E-state index in [4.69, 9.17) is 6.42 Å². The van der Waals surface area contributed by atoms with Gasteiger partial charge in [0.2, 0.25) is 0 Å². The van der Waals surface area contributed by atoms with Crippen LogP contribution < -0.4 is 0 Å². The topological polar surface area (TPSA) is 25.8 Å². The molecule has 24 heavy (non-hydrogen) atoms. The number of terminal acetylenes is 1. The molecular weight excluding hydrogens is 292 g/mol. The highest BCUT2D eigenvalue weighted by Crippen LogP contribution is 2.15. The molecule has 2 heteroatoms. The Morgan fingerprint density at radius 2 is 1.21 bits per heavy atom. The minimum atomic E-state index is 0.958. The van der Waals surface area contributed by atoms with Gasteiger partial charge in [-0.1, -0.05) is 24.1 Å². The number of rotatable bonds is 6. The van der Waals surface area contributed by atoms with Crippen molar-refractivity contribution in [2.24, 2.45) is 0 Å². The maximum Gasteiger partial charge on any atom is 0.0299 e. The van der Waals surface area contributed by atoms with Gasteiger partial charge in [0.15, 0.2) is 0 Å². The van der Waals surface area contributed by atoms with Crippen molar-refractivity contribution in [3.8, 4) is 12.3 Å². The van der Waals surface area contributed by atoms with Crippen LogP contribution in [0.25, 0.3) is 0 Å². The largest absolute Gasteiger partial charge is 0.264 e. The maximum absolute atomic E-state index is 5.63. The zero-order chi connectivity index (χ0) is 16.6. The van der Waals surface area contributed by atoms with Gasteiger partial charge in [0, 0.05) is 30.4 Å². The van der Waals surface area contributed by atoms with Crippen molar-refractivity contribution < 1.29 is 0 Å². The van der Waals surface area contributed by atoms with Crippen molar-refractivity contribution in [2.45, 2.75) is 25.7 Å². The molecular formula is C22H20N2. The summed E-state index contributed by atoms with van der Waals surface area (Å²) in [6.45, 7) is 0. The monoisotopic (exact) mass is 312 g/mol. The fourth-order valence-electron chi connectivity index (χ4n) is 2.80. The van der Waals surface area contributed by atoms with E-state index in [1.165, 1.54) is 22.3 Å². The molecule has 0 unspecified atom stereocenters. The van der Waals surface area contributed by atoms with E-state index in [0.717, 1.165) is 31.2 Å². The van der Waals surface area contributed by atoms with Crippen LogP contribution in [0.15, 0.2) is 67.3 Å². The number of aryl methyl sites for hydroxylation is 4. The molecule has 0 fully saturated rings. The van der Waals surface area contributed by atoms with E-state index in [9.17, 15) is 0 Å². The lowest BCUT2D eigenvalue weighted by Gasteiger charge is -2.08. The molecule has 0 aliphatic carbocycles. The molecule has 0 spiro atoms. The summed E-state index contributed by atoms with van der Waals surface area (Å²) in [7, 11) is 0. The molecule has 2 nitrogen and oxygen atoms in total. The lowest BCUT2D eigenvalue weighted by Crippen LogP contribution is -1.97. The second kappa shape index (κ2) is 8.08. The van der Waals surface area contributed by atoms with E-state index in [1.54, 1.807) is 12.4 Å². The van der Waals surface area contributed by atoms with Crippen molar-refractivity contribution >= 4 is 0 Å². The van der Waals surface area contributed by atoms with Gasteiger partial charge in [-0.25, -0.2) is 0 Å². The maximum atomic E-state index is 5.63. The second-order valence-corrected chi connectivity index (χ2v) is 5.91. The van der Waals surface area contributed by atoms with Crippen molar-refractivity contribution in [1.29, 1.82) is 0 Å². The SMILES string of the molecule is C#Cc1cc(CCc2cccnc2)cc(CCc2cccnc2)c1. The third-order valence-electron chi connectivity index (χ3n) is 4.07. The highest BCUT2D eigenvalue weighted by molar-refractivity contribution is 5.40. The standard InChI is InChI=1S/C22H20N2/c1-2-18-13-21(9-7-19-5-3-11-23-16-19)15-22(14-18)10-8-20-6-4-12-24-17-20/h1,3-6,11-17H,7-10H2. The Labute approximate surface area is 143 Å². The van der Waals surface area contributed by atoms with Crippen LogP contribution in [-0.2, 0) is 25.7 Å². The van der Waals surface area contributed by atoms with E-state index in [0.29, 0.717) is 0 Å². The van der Waals surface area contributed by atoms with Crippen LogP contribution in [0.4, 0.5) is 0 Å². The summed E-state index contributed by atoms with van der Waals surface area (Å²) in [4.78, 5) is 8.35. The molecule has 0 saturated carbocycles. The number of aromatic nitrogens is 2. The Morgan fingerprint density at radius 1 is 0.708 bits per heavy atom. The third-order valence-corrected chi connectivity index (χ3v) is 4.07. The first-order valence-corrected chi connectivity index (χ1v) is 8.21. The predicted octanol–water partition coefficient (Wildman–Crippen LogP) is 4.03. The van der Waals surface area contributed by atoms with Crippen molar-refractivity contribution in [2.75, 3.05) is 0 Å². The van der Waals surface area contributed by atoms with Crippen LogP contribution in [0.5, 0.6) is 0 Å². The summed E-state index contributed by atoms with van der Waals surface area (Å²) in [5.74, 6) is 2.78. The molecule has 2 heterocycles. The summed E-state index contributed by atoms with van der Waals surface area (Å²) in [6, 6.07) is 14.7. The van der Waals surface area contributed by atoms with Crippen LogP contribution in [0.3, 0.4) is 0 Å². The number of benzene rings is 1. The lowest BCUT2D eigenvalue weighted by atomic mass is 9.97. The zero-order valence-corrected chi connectivity index (χ0v) is 13.7. The summed E-state index contributed by atoms with van der Waals surface area (Å²) >= 11 is 0. The molecule has 3 rings (SSSR count). The highest BCUT2D eigenvalue weighted by Gasteiger charge is 2.03. The number of hydrogen-bond donors (Lipinski definition) is 0. The average molecular weight is 312 g/mol.